The molecule has 2 rings (SSSR count). The smallest absolute Gasteiger partial charge is 0.0573 e. The molecule has 2 atom stereocenters. The van der Waals surface area contributed by atoms with Gasteiger partial charge in [0.05, 0.1) is 19.8 Å². The summed E-state index contributed by atoms with van der Waals surface area (Å²) in [5.41, 5.74) is 0. The number of hydrogen-bond acceptors (Lipinski definition) is 2. The summed E-state index contributed by atoms with van der Waals surface area (Å²) in [6, 6.07) is 0. The van der Waals surface area contributed by atoms with Crippen LogP contribution in [-0.2, 0) is 4.74 Å². The number of nitrogens with one attached hydrogen (secondary N) is 1. The van der Waals surface area contributed by atoms with Crippen LogP contribution in [0.1, 0.15) is 0 Å². The van der Waals surface area contributed by atoms with Crippen LogP contribution in [0.2, 0.25) is 0 Å². The Balaban J connectivity index is 1.64. The highest BCUT2D eigenvalue weighted by atomic mass is 16.5. The molecule has 0 amide bonds. The first kappa shape index (κ1) is 7.15. The standard InChI is InChI=1S/C9H13NO/c1-2-3-10-4-7-8-5-11-6-9(7)8/h1,7-10H,3-6H2. The van der Waals surface area contributed by atoms with Crippen molar-refractivity contribution in [1.82, 2.24) is 5.32 Å². The predicted octanol–water partition coefficient (Wildman–Crippen LogP) is 0.102. The van der Waals surface area contributed by atoms with Crippen LogP contribution in [0.15, 0.2) is 0 Å². The van der Waals surface area contributed by atoms with E-state index in [0.717, 1.165) is 37.5 Å². The van der Waals surface area contributed by atoms with Gasteiger partial charge < -0.3 is 10.1 Å². The number of fused-ring (bicyclic) bond motifs is 1. The molecule has 2 heteroatoms. The molecule has 1 saturated carbocycles. The fraction of sp³-hybridized carbons (Fsp3) is 0.778. The van der Waals surface area contributed by atoms with Gasteiger partial charge in [0.15, 0.2) is 0 Å². The van der Waals surface area contributed by atoms with Crippen molar-refractivity contribution in [2.24, 2.45) is 17.8 Å². The van der Waals surface area contributed by atoms with Crippen LogP contribution in [-0.4, -0.2) is 26.3 Å². The Morgan fingerprint density at radius 1 is 1.45 bits per heavy atom. The highest BCUT2D eigenvalue weighted by Crippen LogP contribution is 2.50. The van der Waals surface area contributed by atoms with E-state index in [0.29, 0.717) is 6.54 Å². The highest BCUT2D eigenvalue weighted by molar-refractivity contribution is 5.01. The van der Waals surface area contributed by atoms with Crippen molar-refractivity contribution >= 4 is 0 Å². The van der Waals surface area contributed by atoms with E-state index >= 15 is 0 Å². The number of ether oxygens (including phenoxy) is 1. The van der Waals surface area contributed by atoms with E-state index in [9.17, 15) is 0 Å². The fourth-order valence-corrected chi connectivity index (χ4v) is 1.97. The molecule has 0 aromatic rings. The molecule has 11 heavy (non-hydrogen) atoms. The van der Waals surface area contributed by atoms with Crippen molar-refractivity contribution < 1.29 is 4.74 Å². The molecule has 2 aliphatic rings. The van der Waals surface area contributed by atoms with E-state index in [1.165, 1.54) is 0 Å². The minimum Gasteiger partial charge on any atom is -0.381 e. The van der Waals surface area contributed by atoms with Gasteiger partial charge in [-0.15, -0.1) is 6.42 Å². The molecular weight excluding hydrogens is 138 g/mol. The third-order valence-corrected chi connectivity index (χ3v) is 2.74. The summed E-state index contributed by atoms with van der Waals surface area (Å²) in [5.74, 6) is 5.13. The Morgan fingerprint density at radius 3 is 2.82 bits per heavy atom. The molecule has 2 unspecified atom stereocenters. The van der Waals surface area contributed by atoms with Gasteiger partial charge in [-0.3, -0.25) is 0 Å². The van der Waals surface area contributed by atoms with Crippen LogP contribution in [0.3, 0.4) is 0 Å². The topological polar surface area (TPSA) is 21.3 Å². The second kappa shape index (κ2) is 2.84. The van der Waals surface area contributed by atoms with Gasteiger partial charge in [0.1, 0.15) is 0 Å². The second-order valence-corrected chi connectivity index (χ2v) is 3.36. The third-order valence-electron chi connectivity index (χ3n) is 2.74. The summed E-state index contributed by atoms with van der Waals surface area (Å²) < 4.78 is 5.27. The van der Waals surface area contributed by atoms with Crippen molar-refractivity contribution in [1.29, 1.82) is 0 Å². The molecule has 1 heterocycles. The lowest BCUT2D eigenvalue weighted by Crippen LogP contribution is -2.19. The van der Waals surface area contributed by atoms with E-state index in [1.54, 1.807) is 0 Å². The molecule has 2 fully saturated rings. The summed E-state index contributed by atoms with van der Waals surface area (Å²) in [7, 11) is 0. The Hall–Kier alpha value is -0.520. The monoisotopic (exact) mass is 151 g/mol. The second-order valence-electron chi connectivity index (χ2n) is 3.36. The van der Waals surface area contributed by atoms with Crippen molar-refractivity contribution in [3.8, 4) is 12.3 Å². The van der Waals surface area contributed by atoms with E-state index in [2.05, 4.69) is 11.2 Å². The molecule has 1 aliphatic heterocycles. The Bertz CT molecular complexity index is 174. The van der Waals surface area contributed by atoms with E-state index in [-0.39, 0.29) is 0 Å². The lowest BCUT2D eigenvalue weighted by Gasteiger charge is -2.02. The van der Waals surface area contributed by atoms with Gasteiger partial charge in [-0.05, 0) is 24.3 Å². The Kier molecular flexibility index (Phi) is 1.85. The van der Waals surface area contributed by atoms with Gasteiger partial charge in [-0.1, -0.05) is 5.92 Å². The van der Waals surface area contributed by atoms with Crippen LogP contribution in [0, 0.1) is 30.1 Å². The van der Waals surface area contributed by atoms with E-state index in [4.69, 9.17) is 11.2 Å². The lowest BCUT2D eigenvalue weighted by molar-refractivity contribution is 0.151. The molecule has 1 aliphatic carbocycles. The zero-order valence-electron chi connectivity index (χ0n) is 6.55. The SMILES string of the molecule is C#CCNCC1C2COCC12. The molecule has 1 N–H and O–H groups in total. The first-order valence-electron chi connectivity index (χ1n) is 4.15. The van der Waals surface area contributed by atoms with Gasteiger partial charge in [0.2, 0.25) is 0 Å². The van der Waals surface area contributed by atoms with Crippen LogP contribution in [0.25, 0.3) is 0 Å². The molecule has 0 bridgehead atoms. The molecule has 0 radical (unpaired) electrons. The summed E-state index contributed by atoms with van der Waals surface area (Å²) >= 11 is 0. The average molecular weight is 151 g/mol. The number of rotatable bonds is 3. The van der Waals surface area contributed by atoms with Gasteiger partial charge >= 0.3 is 0 Å². The minimum absolute atomic E-state index is 0.705. The van der Waals surface area contributed by atoms with Crippen LogP contribution < -0.4 is 5.32 Å². The molecule has 0 aromatic heterocycles. The zero-order valence-corrected chi connectivity index (χ0v) is 6.55. The first-order valence-corrected chi connectivity index (χ1v) is 4.15. The Morgan fingerprint density at radius 2 is 2.18 bits per heavy atom. The van der Waals surface area contributed by atoms with Crippen molar-refractivity contribution in [2.75, 3.05) is 26.3 Å². The maximum atomic E-state index is 5.27. The lowest BCUT2D eigenvalue weighted by atomic mass is 10.3. The molecule has 0 spiro atoms. The molecule has 2 nitrogen and oxygen atoms in total. The van der Waals surface area contributed by atoms with Gasteiger partial charge in [0, 0.05) is 0 Å². The van der Waals surface area contributed by atoms with Crippen LogP contribution >= 0.6 is 0 Å². The van der Waals surface area contributed by atoms with Gasteiger partial charge in [0.25, 0.3) is 0 Å². The normalized spacial score (nSPS) is 39.7. The van der Waals surface area contributed by atoms with E-state index in [1.807, 2.05) is 0 Å². The predicted molar refractivity (Wildman–Crippen MR) is 43.0 cm³/mol. The summed E-state index contributed by atoms with van der Waals surface area (Å²) in [4.78, 5) is 0. The summed E-state index contributed by atoms with van der Waals surface area (Å²) in [5, 5.41) is 3.23. The fourth-order valence-electron chi connectivity index (χ4n) is 1.97. The van der Waals surface area contributed by atoms with Crippen LogP contribution in [0.4, 0.5) is 0 Å². The summed E-state index contributed by atoms with van der Waals surface area (Å²) in [6.45, 7) is 3.75. The van der Waals surface area contributed by atoms with Crippen molar-refractivity contribution in [2.45, 2.75) is 0 Å². The molecule has 60 valence electrons. The van der Waals surface area contributed by atoms with Crippen molar-refractivity contribution in [3.05, 3.63) is 0 Å². The summed E-state index contributed by atoms with van der Waals surface area (Å²) in [6.07, 6.45) is 5.11. The van der Waals surface area contributed by atoms with Crippen LogP contribution in [0.5, 0.6) is 0 Å². The highest BCUT2D eigenvalue weighted by Gasteiger charge is 2.53. The number of terminal acetylenes is 1. The third kappa shape index (κ3) is 1.26. The molecular formula is C9H13NO. The Labute approximate surface area is 67.3 Å². The quantitative estimate of drug-likeness (QED) is 0.456. The minimum atomic E-state index is 0.705. The molecule has 1 saturated heterocycles. The largest absolute Gasteiger partial charge is 0.381 e. The van der Waals surface area contributed by atoms with Gasteiger partial charge in [-0.25, -0.2) is 0 Å². The van der Waals surface area contributed by atoms with E-state index < -0.39 is 0 Å². The average Bonchev–Trinajstić information content (AvgIpc) is 2.46. The van der Waals surface area contributed by atoms with Crippen molar-refractivity contribution in [3.63, 3.8) is 0 Å². The molecule has 0 aromatic carbocycles. The van der Waals surface area contributed by atoms with Gasteiger partial charge in [-0.2, -0.15) is 0 Å². The first-order chi connectivity index (χ1) is 5.43. The maximum absolute atomic E-state index is 5.27. The maximum Gasteiger partial charge on any atom is 0.0573 e. The zero-order chi connectivity index (χ0) is 7.68. The number of hydrogen-bond donors (Lipinski definition) is 1.